The minimum absolute atomic E-state index is 0.0729. The van der Waals surface area contributed by atoms with E-state index in [2.05, 4.69) is 61.6 Å². The molecule has 0 aromatic rings. The van der Waals surface area contributed by atoms with Gasteiger partial charge in [0.1, 0.15) is 5.60 Å². The lowest BCUT2D eigenvalue weighted by Crippen LogP contribution is -2.45. The van der Waals surface area contributed by atoms with Gasteiger partial charge in [-0.3, -0.25) is 4.79 Å². The van der Waals surface area contributed by atoms with E-state index in [9.17, 15) is 4.79 Å². The normalized spacial score (nSPS) is 20.9. The molecule has 0 unspecified atom stereocenters. The molecule has 0 aromatic heterocycles. The van der Waals surface area contributed by atoms with Crippen LogP contribution in [-0.2, 0) is 23.3 Å². The summed E-state index contributed by atoms with van der Waals surface area (Å²) >= 11 is 0. The van der Waals surface area contributed by atoms with Crippen LogP contribution in [0.3, 0.4) is 0 Å². The zero-order valence-electron chi connectivity index (χ0n) is 20.3. The summed E-state index contributed by atoms with van der Waals surface area (Å²) in [6, 6.07) is 0. The van der Waals surface area contributed by atoms with Crippen molar-refractivity contribution in [1.82, 2.24) is 0 Å². The molecule has 0 spiro atoms. The molecular formula is C21H43BO5Si. The molecule has 1 atom stereocenters. The maximum Gasteiger partial charge on any atom is 0.457 e. The van der Waals surface area contributed by atoms with Gasteiger partial charge in [-0.05, 0) is 79.3 Å². The van der Waals surface area contributed by atoms with E-state index in [-0.39, 0.29) is 41.9 Å². The van der Waals surface area contributed by atoms with E-state index in [0.717, 1.165) is 0 Å². The molecule has 1 aliphatic heterocycles. The highest BCUT2D eigenvalue weighted by Gasteiger charge is 2.51. The molecule has 1 aliphatic rings. The predicted octanol–water partition coefficient (Wildman–Crippen LogP) is 5.59. The van der Waals surface area contributed by atoms with Crippen LogP contribution in [0.5, 0.6) is 0 Å². The fraction of sp³-hybridized carbons (Fsp3) is 0.952. The number of carbonyl (C=O) groups is 1. The van der Waals surface area contributed by atoms with Crippen LogP contribution in [0.1, 0.15) is 82.1 Å². The predicted molar refractivity (Wildman–Crippen MR) is 118 cm³/mol. The average Bonchev–Trinajstić information content (AvgIpc) is 2.60. The molecule has 1 fully saturated rings. The first-order chi connectivity index (χ1) is 12.3. The Hall–Kier alpha value is -0.368. The number of hydrogen-bond acceptors (Lipinski definition) is 5. The van der Waals surface area contributed by atoms with Crippen molar-refractivity contribution in [2.24, 2.45) is 0 Å². The monoisotopic (exact) mass is 414 g/mol. The largest absolute Gasteiger partial charge is 0.460 e. The van der Waals surface area contributed by atoms with Gasteiger partial charge in [0.05, 0.1) is 23.7 Å². The average molecular weight is 414 g/mol. The molecule has 28 heavy (non-hydrogen) atoms. The quantitative estimate of drug-likeness (QED) is 0.401. The number of esters is 1. The Morgan fingerprint density at radius 1 is 1.00 bits per heavy atom. The summed E-state index contributed by atoms with van der Waals surface area (Å²) in [6.07, 6.45) is 1.44. The highest BCUT2D eigenvalue weighted by molar-refractivity contribution is 6.74. The molecular weight excluding hydrogens is 371 g/mol. The Balaban J connectivity index is 2.82. The fourth-order valence-electron chi connectivity index (χ4n) is 2.77. The Morgan fingerprint density at radius 3 is 1.86 bits per heavy atom. The van der Waals surface area contributed by atoms with Gasteiger partial charge in [0.2, 0.25) is 0 Å². The van der Waals surface area contributed by atoms with Crippen LogP contribution in [0.15, 0.2) is 0 Å². The molecule has 0 amide bonds. The van der Waals surface area contributed by atoms with Crippen molar-refractivity contribution < 1.29 is 23.3 Å². The van der Waals surface area contributed by atoms with Gasteiger partial charge in [0.15, 0.2) is 8.32 Å². The maximum absolute atomic E-state index is 12.5. The summed E-state index contributed by atoms with van der Waals surface area (Å²) in [4.78, 5) is 12.5. The van der Waals surface area contributed by atoms with Crippen molar-refractivity contribution in [3.05, 3.63) is 0 Å². The van der Waals surface area contributed by atoms with Crippen LogP contribution in [0.2, 0.25) is 24.5 Å². The summed E-state index contributed by atoms with van der Waals surface area (Å²) in [5.41, 5.74) is -1.19. The number of hydrogen-bond donors (Lipinski definition) is 0. The van der Waals surface area contributed by atoms with Crippen molar-refractivity contribution >= 4 is 21.4 Å². The second-order valence-electron chi connectivity index (χ2n) is 11.6. The summed E-state index contributed by atoms with van der Waals surface area (Å²) in [5, 5.41) is 0.0729. The van der Waals surface area contributed by atoms with Gasteiger partial charge in [0, 0.05) is 0 Å². The van der Waals surface area contributed by atoms with Crippen LogP contribution in [-0.4, -0.2) is 44.3 Å². The molecule has 0 bridgehead atoms. The third-order valence-electron chi connectivity index (χ3n) is 6.11. The molecule has 7 heteroatoms. The molecule has 0 aliphatic carbocycles. The maximum atomic E-state index is 12.5. The highest BCUT2D eigenvalue weighted by atomic mass is 28.4. The van der Waals surface area contributed by atoms with Crippen molar-refractivity contribution in [2.45, 2.75) is 129 Å². The van der Waals surface area contributed by atoms with Crippen LogP contribution in [0.25, 0.3) is 0 Å². The first-order valence-electron chi connectivity index (χ1n) is 10.5. The van der Waals surface area contributed by atoms with Gasteiger partial charge < -0.3 is 18.5 Å². The van der Waals surface area contributed by atoms with E-state index < -0.39 is 13.9 Å². The smallest absolute Gasteiger partial charge is 0.457 e. The van der Waals surface area contributed by atoms with Gasteiger partial charge in [0.25, 0.3) is 0 Å². The number of rotatable bonds is 7. The van der Waals surface area contributed by atoms with E-state index in [0.29, 0.717) is 12.7 Å². The first-order valence-corrected chi connectivity index (χ1v) is 13.4. The van der Waals surface area contributed by atoms with Crippen molar-refractivity contribution in [3.8, 4) is 0 Å². The Labute approximate surface area is 174 Å². The lowest BCUT2D eigenvalue weighted by atomic mass is 9.81. The second kappa shape index (κ2) is 8.40. The minimum Gasteiger partial charge on any atom is -0.460 e. The summed E-state index contributed by atoms with van der Waals surface area (Å²) in [7, 11) is -2.30. The third kappa shape index (κ3) is 7.15. The van der Waals surface area contributed by atoms with E-state index in [1.54, 1.807) is 0 Å². The Kier molecular flexibility index (Phi) is 7.70. The molecule has 1 heterocycles. The topological polar surface area (TPSA) is 54.0 Å². The van der Waals surface area contributed by atoms with Gasteiger partial charge in [-0.2, -0.15) is 0 Å². The van der Waals surface area contributed by atoms with Crippen LogP contribution in [0.4, 0.5) is 0 Å². The van der Waals surface area contributed by atoms with Gasteiger partial charge in [-0.1, -0.05) is 20.8 Å². The van der Waals surface area contributed by atoms with Crippen molar-refractivity contribution in [3.63, 3.8) is 0 Å². The summed E-state index contributed by atoms with van der Waals surface area (Å²) in [6.45, 7) is 24.9. The Morgan fingerprint density at radius 2 is 1.46 bits per heavy atom. The second-order valence-corrected chi connectivity index (χ2v) is 16.3. The SMILES string of the molecule is CC(C)(C)OC(=O)C[C@H](CCB1OC(C)(C)C(C)(C)O1)O[Si](C)(C)C(C)(C)C. The lowest BCUT2D eigenvalue weighted by Gasteiger charge is -2.39. The minimum atomic E-state index is -2.02. The molecule has 0 radical (unpaired) electrons. The van der Waals surface area contributed by atoms with Crippen molar-refractivity contribution in [2.75, 3.05) is 0 Å². The third-order valence-corrected chi connectivity index (χ3v) is 10.6. The van der Waals surface area contributed by atoms with E-state index in [1.807, 2.05) is 20.8 Å². The molecule has 5 nitrogen and oxygen atoms in total. The van der Waals surface area contributed by atoms with Crippen LogP contribution < -0.4 is 0 Å². The highest BCUT2D eigenvalue weighted by Crippen LogP contribution is 2.40. The Bertz CT molecular complexity index is 530. The molecule has 0 saturated carbocycles. The standard InChI is InChI=1S/C21H43BO5Si/c1-18(2,3)24-17(23)15-16(25-28(11,12)19(4,5)6)13-14-22-26-20(7,8)21(9,10)27-22/h16H,13-15H2,1-12H3/t16-/m0/s1. The van der Waals surface area contributed by atoms with E-state index in [1.165, 1.54) is 0 Å². The molecule has 1 saturated heterocycles. The van der Waals surface area contributed by atoms with Gasteiger partial charge in [-0.25, -0.2) is 0 Å². The summed E-state index contributed by atoms with van der Waals surface area (Å²) < 4.78 is 24.3. The lowest BCUT2D eigenvalue weighted by molar-refractivity contribution is -0.156. The van der Waals surface area contributed by atoms with Gasteiger partial charge >= 0.3 is 13.1 Å². The van der Waals surface area contributed by atoms with Crippen LogP contribution >= 0.6 is 0 Å². The zero-order valence-corrected chi connectivity index (χ0v) is 21.3. The van der Waals surface area contributed by atoms with E-state index in [4.69, 9.17) is 18.5 Å². The zero-order chi connectivity index (χ0) is 22.2. The van der Waals surface area contributed by atoms with Crippen LogP contribution in [0, 0.1) is 0 Å². The molecule has 0 N–H and O–H groups in total. The molecule has 0 aromatic carbocycles. The molecule has 1 rings (SSSR count). The van der Waals surface area contributed by atoms with Gasteiger partial charge in [-0.15, -0.1) is 0 Å². The van der Waals surface area contributed by atoms with Crippen molar-refractivity contribution in [1.29, 1.82) is 0 Å². The first kappa shape index (κ1) is 25.7. The number of carbonyl (C=O) groups excluding carboxylic acids is 1. The van der Waals surface area contributed by atoms with E-state index >= 15 is 0 Å². The fourth-order valence-corrected chi connectivity index (χ4v) is 4.16. The summed E-state index contributed by atoms with van der Waals surface area (Å²) in [5.74, 6) is -0.217. The molecule has 164 valence electrons. The number of ether oxygens (including phenoxy) is 1.